The summed E-state index contributed by atoms with van der Waals surface area (Å²) in [5.74, 6) is 0.601. The fourth-order valence-corrected chi connectivity index (χ4v) is 1.50. The van der Waals surface area contributed by atoms with E-state index in [4.69, 9.17) is 0 Å². The zero-order valence-corrected chi connectivity index (χ0v) is 10.1. The minimum absolute atomic E-state index is 0.601. The Balaban J connectivity index is 1.88. The second-order valence-corrected chi connectivity index (χ2v) is 3.97. The van der Waals surface area contributed by atoms with Gasteiger partial charge in [0.15, 0.2) is 0 Å². The summed E-state index contributed by atoms with van der Waals surface area (Å²) in [7, 11) is 0. The Kier molecular flexibility index (Phi) is 3.65. The van der Waals surface area contributed by atoms with Gasteiger partial charge in [0.1, 0.15) is 0 Å². The standard InChI is InChI=1S/C13H16N4/c1-10-11(2)16-17-13(15-10)14-9-8-12-6-4-3-5-7-12/h3-7H,8-9H2,1-2H3,(H,14,15,17). The summed E-state index contributed by atoms with van der Waals surface area (Å²) in [6.45, 7) is 4.66. The number of hydrogen-bond acceptors (Lipinski definition) is 4. The maximum absolute atomic E-state index is 4.32. The molecule has 2 rings (SSSR count). The van der Waals surface area contributed by atoms with Gasteiger partial charge in [-0.2, -0.15) is 5.10 Å². The third-order valence-electron chi connectivity index (χ3n) is 2.63. The van der Waals surface area contributed by atoms with E-state index in [1.165, 1.54) is 5.56 Å². The molecule has 4 nitrogen and oxygen atoms in total. The van der Waals surface area contributed by atoms with Crippen LogP contribution in [-0.2, 0) is 6.42 Å². The zero-order valence-electron chi connectivity index (χ0n) is 10.1. The van der Waals surface area contributed by atoms with E-state index in [1.54, 1.807) is 0 Å². The van der Waals surface area contributed by atoms with Crippen molar-refractivity contribution in [2.75, 3.05) is 11.9 Å². The van der Waals surface area contributed by atoms with Crippen LogP contribution in [0.25, 0.3) is 0 Å². The predicted octanol–water partition coefficient (Wildman–Crippen LogP) is 2.14. The molecule has 0 aliphatic carbocycles. The fraction of sp³-hybridized carbons (Fsp3) is 0.308. The Morgan fingerprint density at radius 1 is 1.00 bits per heavy atom. The van der Waals surface area contributed by atoms with E-state index in [-0.39, 0.29) is 0 Å². The van der Waals surface area contributed by atoms with Crippen LogP contribution in [0.2, 0.25) is 0 Å². The third-order valence-corrected chi connectivity index (χ3v) is 2.63. The van der Waals surface area contributed by atoms with Crippen LogP contribution >= 0.6 is 0 Å². The summed E-state index contributed by atoms with van der Waals surface area (Å²) in [6, 6.07) is 10.3. The fourth-order valence-electron chi connectivity index (χ4n) is 1.50. The second kappa shape index (κ2) is 5.39. The van der Waals surface area contributed by atoms with Crippen LogP contribution in [0.4, 0.5) is 5.95 Å². The molecule has 0 unspecified atom stereocenters. The highest BCUT2D eigenvalue weighted by atomic mass is 15.2. The lowest BCUT2D eigenvalue weighted by atomic mass is 10.1. The topological polar surface area (TPSA) is 50.7 Å². The van der Waals surface area contributed by atoms with Crippen molar-refractivity contribution in [1.29, 1.82) is 0 Å². The molecular weight excluding hydrogens is 212 g/mol. The third kappa shape index (κ3) is 3.24. The average molecular weight is 228 g/mol. The van der Waals surface area contributed by atoms with Crippen molar-refractivity contribution >= 4 is 5.95 Å². The maximum atomic E-state index is 4.32. The SMILES string of the molecule is Cc1nnc(NCCc2ccccc2)nc1C. The first-order valence-electron chi connectivity index (χ1n) is 5.71. The quantitative estimate of drug-likeness (QED) is 0.871. The maximum Gasteiger partial charge on any atom is 0.242 e. The molecule has 1 aromatic heterocycles. The molecule has 0 saturated carbocycles. The van der Waals surface area contributed by atoms with E-state index in [1.807, 2.05) is 32.0 Å². The highest BCUT2D eigenvalue weighted by molar-refractivity contribution is 5.25. The lowest BCUT2D eigenvalue weighted by Gasteiger charge is -2.05. The van der Waals surface area contributed by atoms with E-state index in [9.17, 15) is 0 Å². The molecule has 2 aromatic rings. The molecule has 1 aromatic carbocycles. The number of hydrogen-bond donors (Lipinski definition) is 1. The number of nitrogens with zero attached hydrogens (tertiary/aromatic N) is 3. The Bertz CT molecular complexity index is 482. The van der Waals surface area contributed by atoms with Gasteiger partial charge >= 0.3 is 0 Å². The van der Waals surface area contributed by atoms with Gasteiger partial charge in [0, 0.05) is 6.54 Å². The summed E-state index contributed by atoms with van der Waals surface area (Å²) in [5.41, 5.74) is 3.10. The summed E-state index contributed by atoms with van der Waals surface area (Å²) < 4.78 is 0. The van der Waals surface area contributed by atoms with Crippen molar-refractivity contribution < 1.29 is 0 Å². The molecule has 0 amide bonds. The molecule has 88 valence electrons. The van der Waals surface area contributed by atoms with E-state index in [0.717, 1.165) is 24.4 Å². The van der Waals surface area contributed by atoms with Gasteiger partial charge in [-0.3, -0.25) is 0 Å². The Morgan fingerprint density at radius 3 is 2.47 bits per heavy atom. The Labute approximate surface area is 101 Å². The first kappa shape index (κ1) is 11.5. The van der Waals surface area contributed by atoms with Gasteiger partial charge in [-0.25, -0.2) is 4.98 Å². The Morgan fingerprint density at radius 2 is 1.76 bits per heavy atom. The van der Waals surface area contributed by atoms with Crippen LogP contribution in [-0.4, -0.2) is 21.7 Å². The van der Waals surface area contributed by atoms with Gasteiger partial charge < -0.3 is 5.32 Å². The van der Waals surface area contributed by atoms with Crippen molar-refractivity contribution in [2.24, 2.45) is 0 Å². The van der Waals surface area contributed by atoms with Gasteiger partial charge in [0.05, 0.1) is 11.4 Å². The van der Waals surface area contributed by atoms with Crippen LogP contribution in [0.15, 0.2) is 30.3 Å². The number of aryl methyl sites for hydroxylation is 2. The van der Waals surface area contributed by atoms with Crippen LogP contribution in [0.1, 0.15) is 17.0 Å². The number of benzene rings is 1. The van der Waals surface area contributed by atoms with Crippen molar-refractivity contribution in [1.82, 2.24) is 15.2 Å². The molecule has 1 N–H and O–H groups in total. The van der Waals surface area contributed by atoms with Crippen molar-refractivity contribution in [3.8, 4) is 0 Å². The largest absolute Gasteiger partial charge is 0.353 e. The summed E-state index contributed by atoms with van der Waals surface area (Å²) in [5, 5.41) is 11.2. The van der Waals surface area contributed by atoms with Gasteiger partial charge in [-0.15, -0.1) is 5.10 Å². The highest BCUT2D eigenvalue weighted by Gasteiger charge is 2.00. The lowest BCUT2D eigenvalue weighted by molar-refractivity contribution is 0.878. The van der Waals surface area contributed by atoms with Gasteiger partial charge in [0.25, 0.3) is 0 Å². The van der Waals surface area contributed by atoms with Crippen LogP contribution < -0.4 is 5.32 Å². The predicted molar refractivity (Wildman–Crippen MR) is 67.9 cm³/mol. The van der Waals surface area contributed by atoms with Crippen LogP contribution in [0.3, 0.4) is 0 Å². The number of nitrogens with one attached hydrogen (secondary N) is 1. The van der Waals surface area contributed by atoms with Crippen molar-refractivity contribution in [2.45, 2.75) is 20.3 Å². The number of anilines is 1. The van der Waals surface area contributed by atoms with Crippen LogP contribution in [0, 0.1) is 13.8 Å². The molecule has 0 radical (unpaired) electrons. The molecule has 0 fully saturated rings. The average Bonchev–Trinajstić information content (AvgIpc) is 2.35. The highest BCUT2D eigenvalue weighted by Crippen LogP contribution is 2.03. The smallest absolute Gasteiger partial charge is 0.242 e. The van der Waals surface area contributed by atoms with E-state index in [0.29, 0.717) is 5.95 Å². The molecule has 4 heteroatoms. The minimum atomic E-state index is 0.601. The molecule has 0 aliphatic rings. The lowest BCUT2D eigenvalue weighted by Crippen LogP contribution is -2.10. The molecule has 0 aliphatic heterocycles. The van der Waals surface area contributed by atoms with E-state index >= 15 is 0 Å². The second-order valence-electron chi connectivity index (χ2n) is 3.97. The molecule has 1 heterocycles. The Hall–Kier alpha value is -1.97. The van der Waals surface area contributed by atoms with E-state index in [2.05, 4.69) is 32.6 Å². The zero-order chi connectivity index (χ0) is 12.1. The van der Waals surface area contributed by atoms with Crippen LogP contribution in [0.5, 0.6) is 0 Å². The summed E-state index contributed by atoms with van der Waals surface area (Å²) in [4.78, 5) is 4.32. The number of rotatable bonds is 4. The van der Waals surface area contributed by atoms with Gasteiger partial charge in [-0.05, 0) is 25.8 Å². The van der Waals surface area contributed by atoms with E-state index < -0.39 is 0 Å². The first-order chi connectivity index (χ1) is 8.25. The molecule has 0 bridgehead atoms. The molecule has 0 saturated heterocycles. The molecule has 0 atom stereocenters. The van der Waals surface area contributed by atoms with Crippen molar-refractivity contribution in [3.05, 3.63) is 47.3 Å². The monoisotopic (exact) mass is 228 g/mol. The van der Waals surface area contributed by atoms with Gasteiger partial charge in [-0.1, -0.05) is 30.3 Å². The van der Waals surface area contributed by atoms with Crippen molar-refractivity contribution in [3.63, 3.8) is 0 Å². The molecule has 17 heavy (non-hydrogen) atoms. The minimum Gasteiger partial charge on any atom is -0.353 e. The summed E-state index contributed by atoms with van der Waals surface area (Å²) >= 11 is 0. The molecule has 0 spiro atoms. The molecular formula is C13H16N4. The normalized spacial score (nSPS) is 10.2. The number of aromatic nitrogens is 3. The summed E-state index contributed by atoms with van der Waals surface area (Å²) in [6.07, 6.45) is 0.955. The van der Waals surface area contributed by atoms with Gasteiger partial charge in [0.2, 0.25) is 5.95 Å². The first-order valence-corrected chi connectivity index (χ1v) is 5.71.